The van der Waals surface area contributed by atoms with E-state index in [0.29, 0.717) is 5.25 Å². The second-order valence-electron chi connectivity index (χ2n) is 3.41. The minimum absolute atomic E-state index is 0.633. The number of thioether (sulfide) groups is 1. The van der Waals surface area contributed by atoms with Crippen LogP contribution in [0.4, 0.5) is 0 Å². The molecule has 1 heterocycles. The minimum atomic E-state index is 0.633. The molecule has 0 spiro atoms. The third-order valence-corrected chi connectivity index (χ3v) is 3.14. The van der Waals surface area contributed by atoms with Crippen molar-refractivity contribution in [2.45, 2.75) is 18.7 Å². The third kappa shape index (κ3) is 2.51. The fourth-order valence-electron chi connectivity index (χ4n) is 1.35. The molecule has 0 saturated carbocycles. The molecule has 2 rings (SSSR count). The van der Waals surface area contributed by atoms with Gasteiger partial charge < -0.3 is 5.32 Å². The molecule has 0 saturated heterocycles. The van der Waals surface area contributed by atoms with E-state index in [1.807, 2.05) is 17.8 Å². The molecule has 0 unspecified atom stereocenters. The summed E-state index contributed by atoms with van der Waals surface area (Å²) < 4.78 is 0. The molecule has 0 amide bonds. The second kappa shape index (κ2) is 4.51. The molecule has 2 nitrogen and oxygen atoms in total. The van der Waals surface area contributed by atoms with Gasteiger partial charge >= 0.3 is 0 Å². The summed E-state index contributed by atoms with van der Waals surface area (Å²) in [5.74, 6) is 0. The molecule has 1 atom stereocenters. The van der Waals surface area contributed by atoms with E-state index in [4.69, 9.17) is 0 Å². The number of amidine groups is 1. The van der Waals surface area contributed by atoms with Crippen molar-refractivity contribution in [3.63, 3.8) is 0 Å². The Hall–Kier alpha value is -0.960. The first kappa shape index (κ1) is 9.59. The van der Waals surface area contributed by atoms with E-state index in [1.54, 1.807) is 0 Å². The van der Waals surface area contributed by atoms with Gasteiger partial charge in [0.05, 0.1) is 6.54 Å². The van der Waals surface area contributed by atoms with Crippen LogP contribution in [0.3, 0.4) is 0 Å². The molecule has 1 N–H and O–H groups in total. The van der Waals surface area contributed by atoms with Gasteiger partial charge in [-0.3, -0.25) is 4.99 Å². The van der Waals surface area contributed by atoms with Crippen molar-refractivity contribution in [3.05, 3.63) is 35.9 Å². The van der Waals surface area contributed by atoms with Crippen molar-refractivity contribution < 1.29 is 0 Å². The molecular formula is C11H14N2S. The minimum Gasteiger partial charge on any atom is -0.361 e. The normalized spacial score (nSPS) is 20.6. The van der Waals surface area contributed by atoms with Gasteiger partial charge in [-0.2, -0.15) is 0 Å². The van der Waals surface area contributed by atoms with Crippen molar-refractivity contribution in [1.82, 2.24) is 5.32 Å². The highest BCUT2D eigenvalue weighted by Crippen LogP contribution is 2.18. The summed E-state index contributed by atoms with van der Waals surface area (Å²) in [5.41, 5.74) is 1.30. The van der Waals surface area contributed by atoms with E-state index < -0.39 is 0 Å². The van der Waals surface area contributed by atoms with Crippen molar-refractivity contribution in [3.8, 4) is 0 Å². The Morgan fingerprint density at radius 1 is 1.43 bits per heavy atom. The molecule has 0 bridgehead atoms. The molecule has 1 aromatic rings. The van der Waals surface area contributed by atoms with Crippen LogP contribution < -0.4 is 5.32 Å². The molecular weight excluding hydrogens is 192 g/mol. The molecule has 1 aliphatic heterocycles. The van der Waals surface area contributed by atoms with Gasteiger partial charge in [0, 0.05) is 11.8 Å². The molecule has 1 aromatic carbocycles. The van der Waals surface area contributed by atoms with Crippen LogP contribution in [0.15, 0.2) is 35.3 Å². The van der Waals surface area contributed by atoms with Gasteiger partial charge in [0.25, 0.3) is 0 Å². The van der Waals surface area contributed by atoms with E-state index >= 15 is 0 Å². The number of hydrogen-bond donors (Lipinski definition) is 1. The van der Waals surface area contributed by atoms with Gasteiger partial charge in [-0.1, -0.05) is 49.0 Å². The smallest absolute Gasteiger partial charge is 0.157 e. The molecule has 0 aliphatic carbocycles. The molecule has 0 radical (unpaired) electrons. The Balaban J connectivity index is 1.84. The van der Waals surface area contributed by atoms with Crippen LogP contribution in [0.25, 0.3) is 0 Å². The maximum Gasteiger partial charge on any atom is 0.157 e. The molecule has 3 heteroatoms. The number of nitrogens with zero attached hydrogens (tertiary/aromatic N) is 1. The zero-order valence-corrected chi connectivity index (χ0v) is 9.05. The number of aliphatic imine (C=N–C) groups is 1. The monoisotopic (exact) mass is 206 g/mol. The standard InChI is InChI=1S/C11H14N2S/c1-9-7-12-11(14-9)13-8-10-5-3-2-4-6-10/h2-6,9H,7-8H2,1H3,(H,12,13)/t9-/m1/s1. The van der Waals surface area contributed by atoms with Gasteiger partial charge in [-0.25, -0.2) is 0 Å². The lowest BCUT2D eigenvalue weighted by atomic mass is 10.2. The topological polar surface area (TPSA) is 24.4 Å². The van der Waals surface area contributed by atoms with Gasteiger partial charge in [0.1, 0.15) is 0 Å². The average Bonchev–Trinajstić information content (AvgIpc) is 2.63. The van der Waals surface area contributed by atoms with Crippen LogP contribution >= 0.6 is 11.8 Å². The quantitative estimate of drug-likeness (QED) is 0.802. The predicted molar refractivity (Wildman–Crippen MR) is 62.6 cm³/mol. The largest absolute Gasteiger partial charge is 0.361 e. The van der Waals surface area contributed by atoms with Crippen molar-refractivity contribution >= 4 is 16.9 Å². The fourth-order valence-corrected chi connectivity index (χ4v) is 2.18. The highest BCUT2D eigenvalue weighted by Gasteiger charge is 2.13. The summed E-state index contributed by atoms with van der Waals surface area (Å²) in [4.78, 5) is 4.40. The lowest BCUT2D eigenvalue weighted by Gasteiger charge is -2.05. The SMILES string of the molecule is C[C@@H]1CN=C(NCc2ccccc2)S1. The van der Waals surface area contributed by atoms with E-state index in [0.717, 1.165) is 18.3 Å². The van der Waals surface area contributed by atoms with E-state index in [9.17, 15) is 0 Å². The van der Waals surface area contributed by atoms with Gasteiger partial charge in [-0.15, -0.1) is 0 Å². The maximum absolute atomic E-state index is 4.40. The fraction of sp³-hybridized carbons (Fsp3) is 0.364. The van der Waals surface area contributed by atoms with Crippen molar-refractivity contribution in [2.24, 2.45) is 4.99 Å². The average molecular weight is 206 g/mol. The van der Waals surface area contributed by atoms with Crippen molar-refractivity contribution in [2.75, 3.05) is 6.54 Å². The second-order valence-corrected chi connectivity index (χ2v) is 4.84. The first-order chi connectivity index (χ1) is 6.84. The predicted octanol–water partition coefficient (Wildman–Crippen LogP) is 2.27. The maximum atomic E-state index is 4.40. The van der Waals surface area contributed by atoms with Gasteiger partial charge in [0.2, 0.25) is 0 Å². The number of rotatable bonds is 2. The van der Waals surface area contributed by atoms with Gasteiger partial charge in [-0.05, 0) is 5.56 Å². The summed E-state index contributed by atoms with van der Waals surface area (Å²) in [7, 11) is 0. The molecule has 0 fully saturated rings. The highest BCUT2D eigenvalue weighted by atomic mass is 32.2. The Morgan fingerprint density at radius 2 is 2.21 bits per heavy atom. The Morgan fingerprint density at radius 3 is 2.86 bits per heavy atom. The van der Waals surface area contributed by atoms with E-state index in [-0.39, 0.29) is 0 Å². The van der Waals surface area contributed by atoms with Crippen LogP contribution in [0.2, 0.25) is 0 Å². The molecule has 14 heavy (non-hydrogen) atoms. The van der Waals surface area contributed by atoms with E-state index in [1.165, 1.54) is 5.56 Å². The molecule has 1 aliphatic rings. The van der Waals surface area contributed by atoms with Crippen LogP contribution in [-0.4, -0.2) is 17.0 Å². The molecule has 0 aromatic heterocycles. The van der Waals surface area contributed by atoms with Crippen LogP contribution in [0.1, 0.15) is 12.5 Å². The van der Waals surface area contributed by atoms with Crippen LogP contribution in [0.5, 0.6) is 0 Å². The summed E-state index contributed by atoms with van der Waals surface area (Å²) in [6.07, 6.45) is 0. The number of nitrogens with one attached hydrogen (secondary N) is 1. The first-order valence-electron chi connectivity index (χ1n) is 4.83. The zero-order valence-electron chi connectivity index (χ0n) is 8.23. The Bertz CT molecular complexity index is 321. The number of benzene rings is 1. The molecule has 74 valence electrons. The zero-order chi connectivity index (χ0) is 9.80. The van der Waals surface area contributed by atoms with Crippen LogP contribution in [0, 0.1) is 0 Å². The Labute approximate surface area is 88.8 Å². The summed E-state index contributed by atoms with van der Waals surface area (Å²) >= 11 is 1.82. The highest BCUT2D eigenvalue weighted by molar-refractivity contribution is 8.14. The lowest BCUT2D eigenvalue weighted by Crippen LogP contribution is -2.18. The van der Waals surface area contributed by atoms with Gasteiger partial charge in [0.15, 0.2) is 5.17 Å². The third-order valence-electron chi connectivity index (χ3n) is 2.09. The number of hydrogen-bond acceptors (Lipinski definition) is 3. The lowest BCUT2D eigenvalue weighted by molar-refractivity contribution is 0.913. The van der Waals surface area contributed by atoms with Crippen LogP contribution in [-0.2, 0) is 6.54 Å². The Kier molecular flexibility index (Phi) is 3.09. The summed E-state index contributed by atoms with van der Waals surface area (Å²) in [5, 5.41) is 5.06. The van der Waals surface area contributed by atoms with Crippen molar-refractivity contribution in [1.29, 1.82) is 0 Å². The summed E-state index contributed by atoms with van der Waals surface area (Å²) in [6, 6.07) is 10.4. The van der Waals surface area contributed by atoms with E-state index in [2.05, 4.69) is 41.5 Å². The summed E-state index contributed by atoms with van der Waals surface area (Å²) in [6.45, 7) is 4.02. The first-order valence-corrected chi connectivity index (χ1v) is 5.71.